The molecule has 0 bridgehead atoms. The number of halogens is 1. The van der Waals surface area contributed by atoms with Crippen molar-refractivity contribution >= 4 is 22.9 Å². The van der Waals surface area contributed by atoms with Gasteiger partial charge >= 0.3 is 0 Å². The van der Waals surface area contributed by atoms with Gasteiger partial charge in [-0.3, -0.25) is 0 Å². The third-order valence-electron chi connectivity index (χ3n) is 2.34. The molecule has 1 heterocycles. The Morgan fingerprint density at radius 3 is 3.06 bits per heavy atom. The molecular formula is C13H12ClNS. The van der Waals surface area contributed by atoms with E-state index in [4.69, 9.17) is 11.6 Å². The minimum atomic E-state index is 0.751. The lowest BCUT2D eigenvalue weighted by Gasteiger charge is -2.02. The predicted molar refractivity (Wildman–Crippen MR) is 71.2 cm³/mol. The zero-order valence-electron chi connectivity index (χ0n) is 9.03. The first kappa shape index (κ1) is 11.4. The van der Waals surface area contributed by atoms with Crippen LogP contribution >= 0.6 is 22.9 Å². The van der Waals surface area contributed by atoms with Gasteiger partial charge in [-0.15, -0.1) is 17.9 Å². The third-order valence-corrected chi connectivity index (χ3v) is 3.49. The second-order valence-electron chi connectivity index (χ2n) is 3.60. The molecule has 0 spiro atoms. The molecule has 0 aliphatic rings. The molecule has 0 aliphatic heterocycles. The molecule has 1 nitrogen and oxygen atoms in total. The van der Waals surface area contributed by atoms with Gasteiger partial charge in [0.25, 0.3) is 0 Å². The minimum Gasteiger partial charge on any atom is -0.241 e. The smallest absolute Gasteiger partial charge is 0.123 e. The fraction of sp³-hybridized carbons (Fsp3) is 0.154. The topological polar surface area (TPSA) is 12.9 Å². The van der Waals surface area contributed by atoms with Crippen molar-refractivity contribution in [2.75, 3.05) is 0 Å². The van der Waals surface area contributed by atoms with Gasteiger partial charge in [-0.05, 0) is 24.6 Å². The van der Waals surface area contributed by atoms with Gasteiger partial charge in [0.05, 0.1) is 5.69 Å². The van der Waals surface area contributed by atoms with E-state index in [9.17, 15) is 0 Å². The second-order valence-corrected chi connectivity index (χ2v) is 4.89. The van der Waals surface area contributed by atoms with Gasteiger partial charge in [-0.25, -0.2) is 4.98 Å². The van der Waals surface area contributed by atoms with Crippen LogP contribution in [0.3, 0.4) is 0 Å². The van der Waals surface area contributed by atoms with E-state index >= 15 is 0 Å². The molecule has 82 valence electrons. The van der Waals surface area contributed by atoms with Crippen LogP contribution in [-0.2, 0) is 6.42 Å². The molecule has 0 atom stereocenters. The summed E-state index contributed by atoms with van der Waals surface area (Å²) < 4.78 is 0. The number of allylic oxidation sites excluding steroid dienone is 1. The zero-order valence-corrected chi connectivity index (χ0v) is 10.6. The summed E-state index contributed by atoms with van der Waals surface area (Å²) in [5.74, 6) is 0. The van der Waals surface area contributed by atoms with Crippen LogP contribution in [0.15, 0.2) is 36.2 Å². The largest absolute Gasteiger partial charge is 0.241 e. The highest BCUT2D eigenvalue weighted by Crippen LogP contribution is 2.29. The van der Waals surface area contributed by atoms with Gasteiger partial charge in [0.2, 0.25) is 0 Å². The van der Waals surface area contributed by atoms with Gasteiger partial charge in [0, 0.05) is 22.4 Å². The Balaban J connectivity index is 2.41. The molecule has 0 saturated carbocycles. The lowest BCUT2D eigenvalue weighted by Crippen LogP contribution is -1.84. The molecule has 0 aliphatic carbocycles. The molecule has 0 fully saturated rings. The third kappa shape index (κ3) is 2.34. The molecule has 0 radical (unpaired) electrons. The van der Waals surface area contributed by atoms with Crippen molar-refractivity contribution in [3.63, 3.8) is 0 Å². The summed E-state index contributed by atoms with van der Waals surface area (Å²) in [5, 5.41) is 3.84. The van der Waals surface area contributed by atoms with Gasteiger partial charge < -0.3 is 0 Å². The number of aromatic nitrogens is 1. The molecule has 1 aromatic heterocycles. The summed E-state index contributed by atoms with van der Waals surface area (Å²) >= 11 is 7.64. The van der Waals surface area contributed by atoms with Gasteiger partial charge in [0.1, 0.15) is 5.01 Å². The van der Waals surface area contributed by atoms with E-state index in [2.05, 4.69) is 23.9 Å². The van der Waals surface area contributed by atoms with E-state index in [0.717, 1.165) is 27.7 Å². The molecule has 0 N–H and O–H groups in total. The minimum absolute atomic E-state index is 0.751. The Morgan fingerprint density at radius 1 is 1.50 bits per heavy atom. The summed E-state index contributed by atoms with van der Waals surface area (Å²) in [6, 6.07) is 5.89. The molecule has 2 aromatic rings. The highest BCUT2D eigenvalue weighted by atomic mass is 35.5. The summed E-state index contributed by atoms with van der Waals surface area (Å²) in [6.07, 6.45) is 2.68. The fourth-order valence-electron chi connectivity index (χ4n) is 1.50. The maximum Gasteiger partial charge on any atom is 0.123 e. The first-order valence-electron chi connectivity index (χ1n) is 5.02. The van der Waals surface area contributed by atoms with Crippen LogP contribution in [0.4, 0.5) is 0 Å². The van der Waals surface area contributed by atoms with E-state index in [1.165, 1.54) is 5.56 Å². The highest BCUT2D eigenvalue weighted by Gasteiger charge is 2.07. The van der Waals surface area contributed by atoms with E-state index in [1.54, 1.807) is 11.3 Å². The molecule has 0 amide bonds. The van der Waals surface area contributed by atoms with Crippen molar-refractivity contribution in [3.05, 3.63) is 52.5 Å². The average molecular weight is 250 g/mol. The Kier molecular flexibility index (Phi) is 3.42. The molecule has 3 heteroatoms. The van der Waals surface area contributed by atoms with Crippen molar-refractivity contribution in [1.82, 2.24) is 4.98 Å². The Bertz CT molecular complexity index is 516. The van der Waals surface area contributed by atoms with Crippen LogP contribution in [0.25, 0.3) is 10.6 Å². The van der Waals surface area contributed by atoms with Crippen molar-refractivity contribution in [1.29, 1.82) is 0 Å². The van der Waals surface area contributed by atoms with E-state index in [-0.39, 0.29) is 0 Å². The van der Waals surface area contributed by atoms with Crippen LogP contribution in [0.2, 0.25) is 5.02 Å². The summed E-state index contributed by atoms with van der Waals surface area (Å²) in [5.41, 5.74) is 3.38. The van der Waals surface area contributed by atoms with Crippen molar-refractivity contribution in [2.45, 2.75) is 13.3 Å². The van der Waals surface area contributed by atoms with Crippen LogP contribution in [-0.4, -0.2) is 4.98 Å². The normalized spacial score (nSPS) is 10.4. The van der Waals surface area contributed by atoms with Gasteiger partial charge in [-0.2, -0.15) is 0 Å². The quantitative estimate of drug-likeness (QED) is 0.730. The number of benzene rings is 1. The molecular weight excluding hydrogens is 238 g/mol. The molecule has 2 rings (SSSR count). The Hall–Kier alpha value is -1.12. The summed E-state index contributed by atoms with van der Waals surface area (Å²) in [7, 11) is 0. The van der Waals surface area contributed by atoms with Crippen LogP contribution in [0, 0.1) is 6.92 Å². The predicted octanol–water partition coefficient (Wildman–Crippen LogP) is 4.50. The van der Waals surface area contributed by atoms with Crippen molar-refractivity contribution in [2.24, 2.45) is 0 Å². The Labute approximate surface area is 104 Å². The van der Waals surface area contributed by atoms with Crippen LogP contribution < -0.4 is 0 Å². The highest BCUT2D eigenvalue weighted by molar-refractivity contribution is 7.13. The average Bonchev–Trinajstić information content (AvgIpc) is 2.71. The van der Waals surface area contributed by atoms with Crippen LogP contribution in [0.5, 0.6) is 0 Å². The van der Waals surface area contributed by atoms with E-state index < -0.39 is 0 Å². The fourth-order valence-corrected chi connectivity index (χ4v) is 2.58. The van der Waals surface area contributed by atoms with Gasteiger partial charge in [-0.1, -0.05) is 23.7 Å². The summed E-state index contributed by atoms with van der Waals surface area (Å²) in [4.78, 5) is 4.56. The molecule has 0 saturated heterocycles. The maximum atomic E-state index is 6.00. The monoisotopic (exact) mass is 249 g/mol. The number of hydrogen-bond donors (Lipinski definition) is 0. The van der Waals surface area contributed by atoms with Crippen molar-refractivity contribution < 1.29 is 0 Å². The van der Waals surface area contributed by atoms with E-state index in [1.807, 2.05) is 24.3 Å². The molecule has 0 unspecified atom stereocenters. The number of thiazole rings is 1. The van der Waals surface area contributed by atoms with E-state index in [0.29, 0.717) is 0 Å². The lowest BCUT2D eigenvalue weighted by molar-refractivity contribution is 1.16. The number of rotatable bonds is 3. The molecule has 16 heavy (non-hydrogen) atoms. The van der Waals surface area contributed by atoms with Gasteiger partial charge in [0.15, 0.2) is 0 Å². The standard InChI is InChI=1S/C13H12ClNS/c1-3-4-11-8-16-13(15-11)12-7-10(14)6-5-9(12)2/h3,5-8H,1,4H2,2H3. The SMILES string of the molecule is C=CCc1csc(-c2cc(Cl)ccc2C)n1. The number of nitrogens with zero attached hydrogens (tertiary/aromatic N) is 1. The zero-order chi connectivity index (χ0) is 11.5. The number of hydrogen-bond acceptors (Lipinski definition) is 2. The molecule has 1 aromatic carbocycles. The Morgan fingerprint density at radius 2 is 2.31 bits per heavy atom. The summed E-state index contributed by atoms with van der Waals surface area (Å²) in [6.45, 7) is 5.78. The number of aryl methyl sites for hydroxylation is 1. The second kappa shape index (κ2) is 4.81. The first-order valence-corrected chi connectivity index (χ1v) is 6.28. The first-order chi connectivity index (χ1) is 7.70. The maximum absolute atomic E-state index is 6.00. The lowest BCUT2D eigenvalue weighted by atomic mass is 10.1. The van der Waals surface area contributed by atoms with Crippen LogP contribution in [0.1, 0.15) is 11.3 Å². The van der Waals surface area contributed by atoms with Crippen molar-refractivity contribution in [3.8, 4) is 10.6 Å².